The molecule has 0 radical (unpaired) electrons. The SMILES string of the molecule is CN=C(NCCCCOc1ccc(C)cc1)NC1CCN(Cc2ccccc2)CC1.I. The predicted molar refractivity (Wildman–Crippen MR) is 141 cm³/mol. The van der Waals surface area contributed by atoms with Crippen molar-refractivity contribution >= 4 is 29.9 Å². The van der Waals surface area contributed by atoms with Gasteiger partial charge in [-0.2, -0.15) is 0 Å². The Labute approximate surface area is 204 Å². The lowest BCUT2D eigenvalue weighted by molar-refractivity contribution is 0.198. The number of guanidine groups is 1. The molecule has 2 N–H and O–H groups in total. The van der Waals surface area contributed by atoms with Crippen LogP contribution in [0.5, 0.6) is 5.75 Å². The summed E-state index contributed by atoms with van der Waals surface area (Å²) in [7, 11) is 1.85. The molecule has 6 heteroatoms. The van der Waals surface area contributed by atoms with Gasteiger partial charge in [-0.3, -0.25) is 9.89 Å². The van der Waals surface area contributed by atoms with Crippen LogP contribution in [0.2, 0.25) is 0 Å². The van der Waals surface area contributed by atoms with Crippen LogP contribution in [0, 0.1) is 6.92 Å². The maximum atomic E-state index is 5.79. The zero-order valence-corrected chi connectivity index (χ0v) is 21.2. The third-order valence-electron chi connectivity index (χ3n) is 5.55. The van der Waals surface area contributed by atoms with Gasteiger partial charge in [0, 0.05) is 39.3 Å². The van der Waals surface area contributed by atoms with E-state index in [1.54, 1.807) is 0 Å². The van der Waals surface area contributed by atoms with Gasteiger partial charge in [-0.05, 0) is 50.3 Å². The number of nitrogens with one attached hydrogen (secondary N) is 2. The second-order valence-electron chi connectivity index (χ2n) is 8.05. The van der Waals surface area contributed by atoms with Crippen LogP contribution in [0.15, 0.2) is 59.6 Å². The zero-order chi connectivity index (χ0) is 21.0. The summed E-state index contributed by atoms with van der Waals surface area (Å²) in [6.07, 6.45) is 4.38. The van der Waals surface area contributed by atoms with Crippen molar-refractivity contribution in [2.24, 2.45) is 4.99 Å². The summed E-state index contributed by atoms with van der Waals surface area (Å²) in [6.45, 7) is 7.04. The second kappa shape index (κ2) is 14.3. The van der Waals surface area contributed by atoms with Gasteiger partial charge in [0.1, 0.15) is 5.75 Å². The fourth-order valence-electron chi connectivity index (χ4n) is 3.72. The Morgan fingerprint density at radius 1 is 1.03 bits per heavy atom. The van der Waals surface area contributed by atoms with Gasteiger partial charge >= 0.3 is 0 Å². The summed E-state index contributed by atoms with van der Waals surface area (Å²) in [4.78, 5) is 6.93. The van der Waals surface area contributed by atoms with Crippen molar-refractivity contribution in [2.45, 2.75) is 45.2 Å². The van der Waals surface area contributed by atoms with Gasteiger partial charge in [-0.1, -0.05) is 48.0 Å². The lowest BCUT2D eigenvalue weighted by Gasteiger charge is -2.33. The maximum Gasteiger partial charge on any atom is 0.191 e. The largest absolute Gasteiger partial charge is 0.494 e. The molecule has 5 nitrogen and oxygen atoms in total. The summed E-state index contributed by atoms with van der Waals surface area (Å²) in [5, 5.41) is 7.04. The molecular weight excluding hydrogens is 499 g/mol. The number of ether oxygens (including phenoxy) is 1. The number of benzene rings is 2. The Morgan fingerprint density at radius 2 is 1.74 bits per heavy atom. The van der Waals surface area contributed by atoms with Crippen LogP contribution < -0.4 is 15.4 Å². The van der Waals surface area contributed by atoms with Gasteiger partial charge in [0.15, 0.2) is 5.96 Å². The van der Waals surface area contributed by atoms with Crippen molar-refractivity contribution in [1.29, 1.82) is 0 Å². The Morgan fingerprint density at radius 3 is 2.42 bits per heavy atom. The standard InChI is InChI=1S/C25H36N4O.HI/c1-21-10-12-24(13-11-21)30-19-7-6-16-27-25(26-2)28-23-14-17-29(18-15-23)20-22-8-4-3-5-9-22;/h3-5,8-13,23H,6-7,14-20H2,1-2H3,(H2,26,27,28);1H. The van der Waals surface area contributed by atoms with Gasteiger partial charge in [0.2, 0.25) is 0 Å². The number of aliphatic imine (C=N–C) groups is 1. The van der Waals surface area contributed by atoms with Crippen molar-refractivity contribution in [2.75, 3.05) is 33.3 Å². The highest BCUT2D eigenvalue weighted by atomic mass is 127. The monoisotopic (exact) mass is 536 g/mol. The number of aryl methyl sites for hydroxylation is 1. The van der Waals surface area contributed by atoms with Gasteiger partial charge in [-0.15, -0.1) is 24.0 Å². The Bertz CT molecular complexity index is 759. The molecule has 2 aromatic carbocycles. The first kappa shape index (κ1) is 25.5. The smallest absolute Gasteiger partial charge is 0.191 e. The summed E-state index contributed by atoms with van der Waals surface area (Å²) >= 11 is 0. The van der Waals surface area contributed by atoms with Crippen LogP contribution in [-0.2, 0) is 6.54 Å². The zero-order valence-electron chi connectivity index (χ0n) is 18.8. The number of unbranched alkanes of at least 4 members (excludes halogenated alkanes) is 1. The molecule has 1 fully saturated rings. The fraction of sp³-hybridized carbons (Fsp3) is 0.480. The highest BCUT2D eigenvalue weighted by molar-refractivity contribution is 14.0. The second-order valence-corrected chi connectivity index (χ2v) is 8.05. The van der Waals surface area contributed by atoms with Gasteiger partial charge < -0.3 is 15.4 Å². The van der Waals surface area contributed by atoms with E-state index in [1.165, 1.54) is 11.1 Å². The quantitative estimate of drug-likeness (QED) is 0.213. The van der Waals surface area contributed by atoms with E-state index < -0.39 is 0 Å². The summed E-state index contributed by atoms with van der Waals surface area (Å²) < 4.78 is 5.79. The minimum Gasteiger partial charge on any atom is -0.494 e. The molecule has 170 valence electrons. The van der Waals surface area contributed by atoms with Crippen LogP contribution in [0.4, 0.5) is 0 Å². The molecule has 0 spiro atoms. The molecule has 1 aliphatic rings. The van der Waals surface area contributed by atoms with E-state index in [0.29, 0.717) is 6.04 Å². The molecule has 2 aromatic rings. The first-order valence-electron chi connectivity index (χ1n) is 11.2. The fourth-order valence-corrected chi connectivity index (χ4v) is 3.72. The van der Waals surface area contributed by atoms with Crippen LogP contribution in [-0.4, -0.2) is 50.2 Å². The topological polar surface area (TPSA) is 48.9 Å². The molecule has 0 unspecified atom stereocenters. The van der Waals surface area contributed by atoms with Crippen LogP contribution in [0.1, 0.15) is 36.8 Å². The van der Waals surface area contributed by atoms with E-state index in [-0.39, 0.29) is 24.0 Å². The number of rotatable bonds is 9. The van der Waals surface area contributed by atoms with Crippen molar-refractivity contribution in [3.8, 4) is 5.75 Å². The minimum absolute atomic E-state index is 0. The first-order chi connectivity index (χ1) is 14.7. The van der Waals surface area contributed by atoms with E-state index in [9.17, 15) is 0 Å². The van der Waals surface area contributed by atoms with Crippen LogP contribution >= 0.6 is 24.0 Å². The van der Waals surface area contributed by atoms with E-state index in [1.807, 2.05) is 19.2 Å². The molecule has 0 amide bonds. The van der Waals surface area contributed by atoms with E-state index in [4.69, 9.17) is 4.74 Å². The Hall–Kier alpha value is -1.80. The first-order valence-corrected chi connectivity index (χ1v) is 11.2. The summed E-state index contributed by atoms with van der Waals surface area (Å²) in [5.74, 6) is 1.86. The van der Waals surface area contributed by atoms with Crippen molar-refractivity contribution in [3.63, 3.8) is 0 Å². The Kier molecular flexibility index (Phi) is 11.7. The molecular formula is C25H37IN4O. The highest BCUT2D eigenvalue weighted by Gasteiger charge is 2.19. The maximum absolute atomic E-state index is 5.79. The van der Waals surface area contributed by atoms with E-state index in [2.05, 4.69) is 69.9 Å². The molecule has 1 aliphatic heterocycles. The van der Waals surface area contributed by atoms with Gasteiger partial charge in [0.05, 0.1) is 6.61 Å². The molecule has 31 heavy (non-hydrogen) atoms. The van der Waals surface area contributed by atoms with Gasteiger partial charge in [0.25, 0.3) is 0 Å². The van der Waals surface area contributed by atoms with Crippen LogP contribution in [0.3, 0.4) is 0 Å². The number of hydrogen-bond acceptors (Lipinski definition) is 3. The molecule has 0 aliphatic carbocycles. The third kappa shape index (κ3) is 9.47. The van der Waals surface area contributed by atoms with Crippen molar-refractivity contribution in [3.05, 3.63) is 65.7 Å². The molecule has 0 bridgehead atoms. The Balaban J connectivity index is 0.00000341. The minimum atomic E-state index is 0. The predicted octanol–water partition coefficient (Wildman–Crippen LogP) is 4.60. The average Bonchev–Trinajstić information content (AvgIpc) is 2.78. The number of nitrogens with zero attached hydrogens (tertiary/aromatic N) is 2. The summed E-state index contributed by atoms with van der Waals surface area (Å²) in [6, 6.07) is 19.5. The number of piperidine rings is 1. The molecule has 1 heterocycles. The van der Waals surface area contributed by atoms with Gasteiger partial charge in [-0.25, -0.2) is 0 Å². The average molecular weight is 537 g/mol. The summed E-state index contributed by atoms with van der Waals surface area (Å²) in [5.41, 5.74) is 2.65. The lowest BCUT2D eigenvalue weighted by Crippen LogP contribution is -2.48. The third-order valence-corrected chi connectivity index (χ3v) is 5.55. The number of likely N-dealkylation sites (tertiary alicyclic amines) is 1. The lowest BCUT2D eigenvalue weighted by atomic mass is 10.0. The van der Waals surface area contributed by atoms with Crippen molar-refractivity contribution in [1.82, 2.24) is 15.5 Å². The normalized spacial score (nSPS) is 15.2. The molecule has 0 atom stereocenters. The van der Waals surface area contributed by atoms with E-state index in [0.717, 1.165) is 70.2 Å². The highest BCUT2D eigenvalue weighted by Crippen LogP contribution is 2.14. The number of halogens is 1. The molecule has 1 saturated heterocycles. The van der Waals surface area contributed by atoms with Crippen molar-refractivity contribution < 1.29 is 4.74 Å². The molecule has 0 aromatic heterocycles. The van der Waals surface area contributed by atoms with E-state index >= 15 is 0 Å². The molecule has 0 saturated carbocycles. The van der Waals surface area contributed by atoms with Crippen LogP contribution in [0.25, 0.3) is 0 Å². The number of hydrogen-bond donors (Lipinski definition) is 2. The molecule has 3 rings (SSSR count).